The van der Waals surface area contributed by atoms with Gasteiger partial charge in [0, 0.05) is 17.1 Å². The van der Waals surface area contributed by atoms with Gasteiger partial charge in [-0.2, -0.15) is 11.8 Å². The summed E-state index contributed by atoms with van der Waals surface area (Å²) in [6, 6.07) is 0. The summed E-state index contributed by atoms with van der Waals surface area (Å²) in [5.41, 5.74) is 0.909. The second kappa shape index (κ2) is 8.14. The van der Waals surface area contributed by atoms with Crippen LogP contribution in [0.2, 0.25) is 0 Å². The van der Waals surface area contributed by atoms with Crippen LogP contribution in [-0.2, 0) is 9.53 Å². The van der Waals surface area contributed by atoms with E-state index in [1.807, 2.05) is 0 Å². The summed E-state index contributed by atoms with van der Waals surface area (Å²) in [6.07, 6.45) is 13.6. The number of unbranched alkanes of at least 4 members (excludes halogenated alkanes) is 1. The quantitative estimate of drug-likeness (QED) is 0.361. The summed E-state index contributed by atoms with van der Waals surface area (Å²) in [5.74, 6) is 6.04. The number of ketones is 1. The fourth-order valence-corrected chi connectivity index (χ4v) is 10.4. The molecule has 2 nitrogen and oxygen atoms in total. The van der Waals surface area contributed by atoms with Gasteiger partial charge in [-0.1, -0.05) is 66.5 Å². The second-order valence-corrected chi connectivity index (χ2v) is 14.7. The van der Waals surface area contributed by atoms with Crippen molar-refractivity contribution in [2.45, 2.75) is 98.7 Å². The predicted octanol–water partition coefficient (Wildman–Crippen LogP) is 7.17. The van der Waals surface area contributed by atoms with Crippen molar-refractivity contribution < 1.29 is 9.53 Å². The SMILES string of the molecule is CCCC[C@@H]1[C@@H]2[C@H](C(=O)[C@@H]1O[C@@H]1C[C@H]3CC[C@]1(CSCC(C)(C)C)C3(C)C)[C@H]1C=C[C@@H]2C1. The first-order valence-corrected chi connectivity index (χ1v) is 14.7. The van der Waals surface area contributed by atoms with Crippen LogP contribution < -0.4 is 0 Å². The van der Waals surface area contributed by atoms with Crippen LogP contribution in [0.4, 0.5) is 0 Å². The number of thioether (sulfide) groups is 1. The summed E-state index contributed by atoms with van der Waals surface area (Å²) < 4.78 is 7.12. The van der Waals surface area contributed by atoms with Gasteiger partial charge >= 0.3 is 0 Å². The molecule has 0 N–H and O–H groups in total. The van der Waals surface area contributed by atoms with Crippen molar-refractivity contribution >= 4 is 17.5 Å². The van der Waals surface area contributed by atoms with Crippen molar-refractivity contribution in [1.29, 1.82) is 0 Å². The molecule has 0 heterocycles. The molecule has 4 bridgehead atoms. The summed E-state index contributed by atoms with van der Waals surface area (Å²) in [5, 5.41) is 0. The van der Waals surface area contributed by atoms with E-state index in [0.29, 0.717) is 40.3 Å². The zero-order chi connectivity index (χ0) is 22.9. The van der Waals surface area contributed by atoms with Crippen molar-refractivity contribution in [2.24, 2.45) is 51.8 Å². The molecule has 5 aliphatic rings. The first-order chi connectivity index (χ1) is 15.1. The highest BCUT2D eigenvalue weighted by molar-refractivity contribution is 7.99. The molecule has 0 unspecified atom stereocenters. The van der Waals surface area contributed by atoms with Gasteiger partial charge in [-0.05, 0) is 78.3 Å². The second-order valence-electron chi connectivity index (χ2n) is 13.7. The molecular weight excluding hydrogens is 412 g/mol. The van der Waals surface area contributed by atoms with Gasteiger partial charge in [0.25, 0.3) is 0 Å². The molecule has 32 heavy (non-hydrogen) atoms. The minimum atomic E-state index is -0.133. The number of rotatable bonds is 8. The van der Waals surface area contributed by atoms with E-state index in [1.54, 1.807) is 0 Å². The van der Waals surface area contributed by atoms with Crippen LogP contribution in [0.15, 0.2) is 12.2 Å². The van der Waals surface area contributed by atoms with E-state index in [2.05, 4.69) is 65.5 Å². The first-order valence-electron chi connectivity index (χ1n) is 13.5. The average Bonchev–Trinajstić information content (AvgIpc) is 3.47. The number of hydrogen-bond acceptors (Lipinski definition) is 3. The summed E-state index contributed by atoms with van der Waals surface area (Å²) in [4.78, 5) is 13.8. The molecule has 0 saturated heterocycles. The zero-order valence-corrected chi connectivity index (χ0v) is 22.2. The predicted molar refractivity (Wildman–Crippen MR) is 135 cm³/mol. The Hall–Kier alpha value is -0.280. The monoisotopic (exact) mass is 458 g/mol. The standard InChI is InChI=1S/C29H46O2S/c1-7-8-9-21-23-18-10-11-19(14-18)24(23)25(30)26(21)31-22-15-20-12-13-29(22,28(20,5)6)17-32-16-27(2,3)4/h10-11,18-24,26H,7-9,12-17H2,1-6H3/t18-,19+,20-,21-,22-,23-,24-,26-,29-/m1/s1. The minimum Gasteiger partial charge on any atom is -0.366 e. The van der Waals surface area contributed by atoms with E-state index < -0.39 is 0 Å². The normalized spacial score (nSPS) is 45.9. The molecule has 0 radical (unpaired) electrons. The van der Waals surface area contributed by atoms with Gasteiger partial charge in [-0.25, -0.2) is 0 Å². The van der Waals surface area contributed by atoms with E-state index in [4.69, 9.17) is 4.74 Å². The lowest BCUT2D eigenvalue weighted by atomic mass is 9.69. The van der Waals surface area contributed by atoms with Crippen LogP contribution in [0.5, 0.6) is 0 Å². The van der Waals surface area contributed by atoms with Crippen LogP contribution in [0.25, 0.3) is 0 Å². The molecule has 0 aromatic carbocycles. The number of carbonyl (C=O) groups excluding carboxylic acids is 1. The Morgan fingerprint density at radius 3 is 2.59 bits per heavy atom. The van der Waals surface area contributed by atoms with E-state index >= 15 is 0 Å². The number of allylic oxidation sites excluding steroid dienone is 2. The fourth-order valence-electron chi connectivity index (χ4n) is 8.65. The number of hydrogen-bond donors (Lipinski definition) is 0. The Labute approximate surface area is 201 Å². The Kier molecular flexibility index (Phi) is 5.97. The molecule has 0 aromatic heterocycles. The molecule has 4 fully saturated rings. The van der Waals surface area contributed by atoms with Gasteiger partial charge < -0.3 is 4.74 Å². The topological polar surface area (TPSA) is 26.3 Å². The van der Waals surface area contributed by atoms with Gasteiger partial charge in [0.15, 0.2) is 5.78 Å². The van der Waals surface area contributed by atoms with E-state index in [0.717, 1.165) is 5.92 Å². The Bertz CT molecular complexity index is 764. The molecular formula is C29H46O2S. The van der Waals surface area contributed by atoms with E-state index in [-0.39, 0.29) is 23.5 Å². The summed E-state index contributed by atoms with van der Waals surface area (Å²) >= 11 is 2.14. The number of carbonyl (C=O) groups is 1. The highest BCUT2D eigenvalue weighted by atomic mass is 32.2. The van der Waals surface area contributed by atoms with Gasteiger partial charge in [-0.3, -0.25) is 4.79 Å². The molecule has 5 aliphatic carbocycles. The highest BCUT2D eigenvalue weighted by Gasteiger charge is 2.66. The Morgan fingerprint density at radius 2 is 1.91 bits per heavy atom. The van der Waals surface area contributed by atoms with Crippen molar-refractivity contribution in [1.82, 2.24) is 0 Å². The molecule has 0 spiro atoms. The Balaban J connectivity index is 1.37. The van der Waals surface area contributed by atoms with Gasteiger partial charge in [0.05, 0.1) is 6.10 Å². The number of ether oxygens (including phenoxy) is 1. The van der Waals surface area contributed by atoms with Gasteiger partial charge in [0.2, 0.25) is 0 Å². The number of fused-ring (bicyclic) bond motifs is 7. The maximum absolute atomic E-state index is 13.8. The third-order valence-corrected chi connectivity index (χ3v) is 12.3. The average molecular weight is 459 g/mol. The van der Waals surface area contributed by atoms with E-state index in [1.165, 1.54) is 56.5 Å². The molecule has 180 valence electrons. The molecule has 5 rings (SSSR count). The molecule has 0 aliphatic heterocycles. The lowest BCUT2D eigenvalue weighted by Gasteiger charge is -2.44. The molecule has 4 saturated carbocycles. The minimum absolute atomic E-state index is 0.133. The van der Waals surface area contributed by atoms with Gasteiger partial charge in [-0.15, -0.1) is 0 Å². The van der Waals surface area contributed by atoms with Crippen molar-refractivity contribution in [3.63, 3.8) is 0 Å². The third-order valence-electron chi connectivity index (χ3n) is 10.5. The van der Waals surface area contributed by atoms with Crippen LogP contribution in [-0.4, -0.2) is 29.5 Å². The molecule has 9 atom stereocenters. The van der Waals surface area contributed by atoms with Crippen molar-refractivity contribution in [2.75, 3.05) is 11.5 Å². The van der Waals surface area contributed by atoms with Crippen LogP contribution in [0, 0.1) is 51.8 Å². The van der Waals surface area contributed by atoms with Gasteiger partial charge in [0.1, 0.15) is 6.10 Å². The smallest absolute Gasteiger partial charge is 0.165 e. The lowest BCUT2D eigenvalue weighted by molar-refractivity contribution is -0.145. The van der Waals surface area contributed by atoms with E-state index in [9.17, 15) is 4.79 Å². The van der Waals surface area contributed by atoms with Crippen molar-refractivity contribution in [3.05, 3.63) is 12.2 Å². The maximum Gasteiger partial charge on any atom is 0.165 e. The Morgan fingerprint density at radius 1 is 1.16 bits per heavy atom. The molecule has 0 amide bonds. The number of Topliss-reactive ketones (excluding diaryl/α,β-unsaturated/α-hetero) is 1. The largest absolute Gasteiger partial charge is 0.366 e. The molecule has 0 aromatic rings. The summed E-state index contributed by atoms with van der Waals surface area (Å²) in [6.45, 7) is 14.3. The summed E-state index contributed by atoms with van der Waals surface area (Å²) in [7, 11) is 0. The third kappa shape index (κ3) is 3.50. The van der Waals surface area contributed by atoms with Crippen LogP contribution in [0.3, 0.4) is 0 Å². The van der Waals surface area contributed by atoms with Crippen LogP contribution >= 0.6 is 11.8 Å². The first kappa shape index (κ1) is 23.5. The highest BCUT2D eigenvalue weighted by Crippen LogP contribution is 2.68. The van der Waals surface area contributed by atoms with Crippen LogP contribution in [0.1, 0.15) is 86.5 Å². The lowest BCUT2D eigenvalue weighted by Crippen LogP contribution is -2.46. The van der Waals surface area contributed by atoms with Crippen molar-refractivity contribution in [3.8, 4) is 0 Å². The zero-order valence-electron chi connectivity index (χ0n) is 21.4. The maximum atomic E-state index is 13.8. The fraction of sp³-hybridized carbons (Fsp3) is 0.897. The molecule has 3 heteroatoms.